The fourth-order valence-corrected chi connectivity index (χ4v) is 3.30. The molecule has 0 radical (unpaired) electrons. The number of imidazole rings is 1. The van der Waals surface area contributed by atoms with E-state index in [1.54, 1.807) is 18.2 Å². The van der Waals surface area contributed by atoms with Crippen molar-refractivity contribution in [1.29, 1.82) is 0 Å². The summed E-state index contributed by atoms with van der Waals surface area (Å²) >= 11 is 6.15. The van der Waals surface area contributed by atoms with E-state index in [-0.39, 0.29) is 0 Å². The van der Waals surface area contributed by atoms with Gasteiger partial charge in [-0.3, -0.25) is 0 Å². The third-order valence-corrected chi connectivity index (χ3v) is 5.16. The smallest absolute Gasteiger partial charge is 0.412 e. The highest BCUT2D eigenvalue weighted by molar-refractivity contribution is 6.32. The van der Waals surface area contributed by atoms with Gasteiger partial charge in [0.2, 0.25) is 0 Å². The van der Waals surface area contributed by atoms with Gasteiger partial charge in [-0.15, -0.1) is 0 Å². The van der Waals surface area contributed by atoms with Crippen molar-refractivity contribution in [2.75, 3.05) is 6.54 Å². The largest absolute Gasteiger partial charge is 0.456 e. The summed E-state index contributed by atoms with van der Waals surface area (Å²) in [4.78, 5) is 19.9. The van der Waals surface area contributed by atoms with Crippen molar-refractivity contribution >= 4 is 28.7 Å². The lowest BCUT2D eigenvalue weighted by Crippen LogP contribution is -2.28. The van der Waals surface area contributed by atoms with E-state index in [1.807, 2.05) is 48.5 Å². The van der Waals surface area contributed by atoms with Gasteiger partial charge < -0.3 is 19.8 Å². The van der Waals surface area contributed by atoms with Crippen molar-refractivity contribution < 1.29 is 14.3 Å². The third kappa shape index (κ3) is 5.39. The third-order valence-electron chi connectivity index (χ3n) is 4.85. The minimum atomic E-state index is -0.459. The second kappa shape index (κ2) is 9.75. The van der Waals surface area contributed by atoms with E-state index in [0.29, 0.717) is 40.6 Å². The van der Waals surface area contributed by atoms with E-state index in [1.165, 1.54) is 0 Å². The predicted molar refractivity (Wildman–Crippen MR) is 127 cm³/mol. The fourth-order valence-electron chi connectivity index (χ4n) is 3.13. The molecule has 0 aliphatic carbocycles. The summed E-state index contributed by atoms with van der Waals surface area (Å²) in [6.07, 6.45) is 0.444. The molecule has 2 N–H and O–H groups in total. The highest BCUT2D eigenvalue weighted by atomic mass is 35.5. The van der Waals surface area contributed by atoms with Gasteiger partial charge in [0.15, 0.2) is 0 Å². The van der Waals surface area contributed by atoms with E-state index in [2.05, 4.69) is 29.1 Å². The van der Waals surface area contributed by atoms with Crippen LogP contribution < -0.4 is 14.8 Å². The minimum Gasteiger partial charge on any atom is -0.456 e. The molecule has 0 aliphatic rings. The first-order valence-electron chi connectivity index (χ1n) is 10.5. The van der Waals surface area contributed by atoms with Gasteiger partial charge in [0.25, 0.3) is 0 Å². The van der Waals surface area contributed by atoms with Crippen molar-refractivity contribution in [1.82, 2.24) is 15.3 Å². The van der Waals surface area contributed by atoms with Crippen molar-refractivity contribution in [2.24, 2.45) is 5.92 Å². The summed E-state index contributed by atoms with van der Waals surface area (Å²) < 4.78 is 11.2. The van der Waals surface area contributed by atoms with Crippen LogP contribution in [0.1, 0.15) is 20.3 Å². The molecule has 3 aromatic carbocycles. The molecule has 0 saturated carbocycles. The summed E-state index contributed by atoms with van der Waals surface area (Å²) in [6.45, 7) is 4.80. The summed E-state index contributed by atoms with van der Waals surface area (Å²) in [5, 5.41) is 3.32. The highest BCUT2D eigenvalue weighted by Gasteiger charge is 2.10. The van der Waals surface area contributed by atoms with Crippen LogP contribution in [-0.2, 0) is 0 Å². The van der Waals surface area contributed by atoms with Crippen molar-refractivity contribution in [2.45, 2.75) is 20.3 Å². The molecule has 4 aromatic rings. The normalized spacial score (nSPS) is 11.0. The van der Waals surface area contributed by atoms with E-state index in [4.69, 9.17) is 21.1 Å². The van der Waals surface area contributed by atoms with Gasteiger partial charge in [0.05, 0.1) is 16.1 Å². The average Bonchev–Trinajstić information content (AvgIpc) is 3.19. The topological polar surface area (TPSA) is 76.2 Å². The van der Waals surface area contributed by atoms with E-state index >= 15 is 0 Å². The molecule has 6 nitrogen and oxygen atoms in total. The van der Waals surface area contributed by atoms with Crippen LogP contribution in [0.3, 0.4) is 0 Å². The molecule has 0 atom stereocenters. The first-order valence-corrected chi connectivity index (χ1v) is 10.8. The number of carbonyl (C=O) groups excluding carboxylic acids is 1. The molecule has 0 spiro atoms. The lowest BCUT2D eigenvalue weighted by atomic mass is 10.1. The van der Waals surface area contributed by atoms with Crippen LogP contribution in [0.25, 0.3) is 22.4 Å². The van der Waals surface area contributed by atoms with E-state index in [0.717, 1.165) is 23.0 Å². The predicted octanol–water partition coefficient (Wildman–Crippen LogP) is 6.81. The van der Waals surface area contributed by atoms with Crippen molar-refractivity contribution in [3.05, 3.63) is 71.8 Å². The number of amides is 1. The van der Waals surface area contributed by atoms with Crippen molar-refractivity contribution in [3.63, 3.8) is 0 Å². The Balaban J connectivity index is 1.44. The van der Waals surface area contributed by atoms with Crippen LogP contribution in [0.4, 0.5) is 4.79 Å². The number of carbonyl (C=O) groups is 1. The molecule has 7 heteroatoms. The molecule has 1 aromatic heterocycles. The van der Waals surface area contributed by atoms with E-state index < -0.39 is 6.09 Å². The molecular weight excluding hydrogens is 426 g/mol. The lowest BCUT2D eigenvalue weighted by molar-refractivity contribution is 0.200. The molecule has 4 rings (SSSR count). The number of para-hydroxylation sites is 1. The van der Waals surface area contributed by atoms with Crippen LogP contribution >= 0.6 is 11.6 Å². The molecular formula is C25H24ClN3O3. The molecule has 0 fully saturated rings. The number of hydrogen-bond donors (Lipinski definition) is 2. The number of nitrogens with zero attached hydrogens (tertiary/aromatic N) is 1. The number of hydrogen-bond acceptors (Lipinski definition) is 4. The lowest BCUT2D eigenvalue weighted by Gasteiger charge is -2.08. The first-order chi connectivity index (χ1) is 15.5. The summed E-state index contributed by atoms with van der Waals surface area (Å²) in [5.74, 6) is 2.97. The maximum absolute atomic E-state index is 12.0. The summed E-state index contributed by atoms with van der Waals surface area (Å²) in [6, 6.07) is 20.2. The number of benzene rings is 3. The second-order valence-corrected chi connectivity index (χ2v) is 8.23. The fraction of sp³-hybridized carbons (Fsp3) is 0.200. The number of fused-ring (bicyclic) bond motifs is 1. The van der Waals surface area contributed by atoms with Gasteiger partial charge in [-0.2, -0.15) is 0 Å². The minimum absolute atomic E-state index is 0.457. The molecule has 0 bridgehead atoms. The Labute approximate surface area is 191 Å². The van der Waals surface area contributed by atoms with Crippen LogP contribution in [0.15, 0.2) is 66.7 Å². The Morgan fingerprint density at radius 1 is 1.06 bits per heavy atom. The molecule has 1 heterocycles. The Bertz CT molecular complexity index is 1220. The number of H-pyrrole nitrogens is 1. The Kier molecular flexibility index (Phi) is 6.61. The van der Waals surface area contributed by atoms with Gasteiger partial charge in [-0.25, -0.2) is 9.78 Å². The van der Waals surface area contributed by atoms with Gasteiger partial charge in [-0.05, 0) is 60.9 Å². The Hall–Kier alpha value is -3.51. The maximum Gasteiger partial charge on any atom is 0.412 e. The monoisotopic (exact) mass is 449 g/mol. The molecule has 0 saturated heterocycles. The number of halogens is 1. The molecule has 164 valence electrons. The SMILES string of the molecule is CC(C)CCNC(=O)Oc1ccc2nc(-c3ccc(Oc4ccccc4Cl)cc3)[nH]c2c1. The number of rotatable bonds is 7. The maximum atomic E-state index is 12.0. The van der Waals surface area contributed by atoms with Gasteiger partial charge in [0.1, 0.15) is 23.1 Å². The summed E-state index contributed by atoms with van der Waals surface area (Å²) in [5.41, 5.74) is 2.47. The van der Waals surface area contributed by atoms with Crippen LogP contribution in [0.5, 0.6) is 17.2 Å². The quantitative estimate of drug-likeness (QED) is 0.325. The van der Waals surface area contributed by atoms with Crippen LogP contribution in [0, 0.1) is 5.92 Å². The number of aromatic nitrogens is 2. The number of nitrogens with one attached hydrogen (secondary N) is 2. The zero-order valence-electron chi connectivity index (χ0n) is 17.9. The molecule has 0 unspecified atom stereocenters. The van der Waals surface area contributed by atoms with Gasteiger partial charge in [-0.1, -0.05) is 37.6 Å². The highest BCUT2D eigenvalue weighted by Crippen LogP contribution is 2.30. The van der Waals surface area contributed by atoms with Gasteiger partial charge in [0, 0.05) is 18.2 Å². The average molecular weight is 450 g/mol. The first kappa shape index (κ1) is 21.7. The van der Waals surface area contributed by atoms with Crippen LogP contribution in [0.2, 0.25) is 5.02 Å². The molecule has 0 aliphatic heterocycles. The van der Waals surface area contributed by atoms with Gasteiger partial charge >= 0.3 is 6.09 Å². The number of aromatic amines is 1. The second-order valence-electron chi connectivity index (χ2n) is 7.82. The van der Waals surface area contributed by atoms with Crippen LogP contribution in [-0.4, -0.2) is 22.6 Å². The standard InChI is InChI=1S/C25H24ClN3O3/c1-16(2)13-14-27-25(30)32-19-11-12-21-22(15-19)29-24(28-21)17-7-9-18(10-8-17)31-23-6-4-3-5-20(23)26/h3-12,15-16H,13-14H2,1-2H3,(H,27,30)(H,28,29). The number of ether oxygens (including phenoxy) is 2. The zero-order chi connectivity index (χ0) is 22.5. The summed E-state index contributed by atoms with van der Waals surface area (Å²) in [7, 11) is 0. The van der Waals surface area contributed by atoms with E-state index in [9.17, 15) is 4.79 Å². The molecule has 1 amide bonds. The zero-order valence-corrected chi connectivity index (χ0v) is 18.6. The van der Waals surface area contributed by atoms with Crippen molar-refractivity contribution in [3.8, 4) is 28.6 Å². The Morgan fingerprint density at radius 3 is 2.56 bits per heavy atom. The molecule has 32 heavy (non-hydrogen) atoms. The Morgan fingerprint density at radius 2 is 1.81 bits per heavy atom.